The summed E-state index contributed by atoms with van der Waals surface area (Å²) in [6.07, 6.45) is 1.96. The molecule has 0 spiro atoms. The topological polar surface area (TPSA) is 43.8 Å². The van der Waals surface area contributed by atoms with E-state index in [4.69, 9.17) is 0 Å². The zero-order valence-electron chi connectivity index (χ0n) is 16.3. The summed E-state index contributed by atoms with van der Waals surface area (Å²) in [6.45, 7) is 17.2. The number of rotatable bonds is 5. The minimum absolute atomic E-state index is 0.111. The first-order valence-corrected chi connectivity index (χ1v) is 8.95. The van der Waals surface area contributed by atoms with E-state index in [1.807, 2.05) is 13.2 Å². The Morgan fingerprint density at radius 2 is 1.92 bits per heavy atom. The van der Waals surface area contributed by atoms with Crippen LogP contribution in [0.4, 0.5) is 5.82 Å². The van der Waals surface area contributed by atoms with Gasteiger partial charge in [-0.1, -0.05) is 19.9 Å². The maximum Gasteiger partial charge on any atom is 0.194 e. The van der Waals surface area contributed by atoms with Crippen molar-refractivity contribution in [1.82, 2.24) is 15.2 Å². The third-order valence-electron chi connectivity index (χ3n) is 5.70. The van der Waals surface area contributed by atoms with Crippen LogP contribution in [0.1, 0.15) is 47.1 Å². The number of pyridine rings is 1. The highest BCUT2D eigenvalue weighted by Gasteiger charge is 2.53. The number of likely N-dealkylation sites (tertiary alicyclic amines) is 1. The summed E-state index contributed by atoms with van der Waals surface area (Å²) in [5.41, 5.74) is 1.58. The number of hydrogen-bond donors (Lipinski definition) is 1. The van der Waals surface area contributed by atoms with Gasteiger partial charge in [-0.15, -0.1) is 0 Å². The third kappa shape index (κ3) is 3.35. The molecule has 1 aliphatic heterocycles. The van der Waals surface area contributed by atoms with Crippen LogP contribution in [-0.2, 0) is 6.54 Å². The van der Waals surface area contributed by atoms with Gasteiger partial charge in [0.1, 0.15) is 5.82 Å². The standard InChI is InChI=1S/C19H33N5/c1-8-23(9-2)16-11-10-15(12-21-16)13-22-17(20-7)24-14-18(3,4)19(24,5)6/h10-12H,8-9,13-14H2,1-7H3,(H,20,22). The van der Waals surface area contributed by atoms with Crippen LogP contribution in [-0.4, -0.2) is 48.1 Å². The van der Waals surface area contributed by atoms with Crippen LogP contribution < -0.4 is 10.2 Å². The zero-order valence-corrected chi connectivity index (χ0v) is 16.3. The summed E-state index contributed by atoms with van der Waals surface area (Å²) < 4.78 is 0. The summed E-state index contributed by atoms with van der Waals surface area (Å²) in [7, 11) is 1.85. The number of aliphatic imine (C=N–C) groups is 1. The Labute approximate surface area is 147 Å². The van der Waals surface area contributed by atoms with Gasteiger partial charge in [0.15, 0.2) is 5.96 Å². The molecule has 0 amide bonds. The molecule has 1 N–H and O–H groups in total. The summed E-state index contributed by atoms with van der Waals surface area (Å²) >= 11 is 0. The van der Waals surface area contributed by atoms with Crippen LogP contribution in [0, 0.1) is 5.41 Å². The van der Waals surface area contributed by atoms with E-state index in [0.29, 0.717) is 5.41 Å². The van der Waals surface area contributed by atoms with Gasteiger partial charge in [-0.3, -0.25) is 4.99 Å². The van der Waals surface area contributed by atoms with Gasteiger partial charge in [-0.2, -0.15) is 0 Å². The van der Waals surface area contributed by atoms with Gasteiger partial charge in [0.05, 0.1) is 0 Å². The Hall–Kier alpha value is -1.78. The predicted molar refractivity (Wildman–Crippen MR) is 103 cm³/mol. The molecule has 0 aromatic carbocycles. The Morgan fingerprint density at radius 1 is 1.25 bits per heavy atom. The smallest absolute Gasteiger partial charge is 0.194 e. The summed E-state index contributed by atoms with van der Waals surface area (Å²) in [5, 5.41) is 3.48. The normalized spacial score (nSPS) is 19.0. The molecule has 134 valence electrons. The Kier molecular flexibility index (Phi) is 5.41. The van der Waals surface area contributed by atoms with Crippen molar-refractivity contribution in [2.45, 2.75) is 53.6 Å². The fourth-order valence-electron chi connectivity index (χ4n) is 3.13. The van der Waals surface area contributed by atoms with Crippen molar-refractivity contribution in [1.29, 1.82) is 0 Å². The molecule has 0 atom stereocenters. The average molecular weight is 332 g/mol. The molecule has 0 saturated carbocycles. The highest BCUT2D eigenvalue weighted by Crippen LogP contribution is 2.46. The summed E-state index contributed by atoms with van der Waals surface area (Å²) in [4.78, 5) is 13.7. The van der Waals surface area contributed by atoms with Crippen molar-refractivity contribution in [3.05, 3.63) is 23.9 Å². The van der Waals surface area contributed by atoms with Gasteiger partial charge >= 0.3 is 0 Å². The van der Waals surface area contributed by atoms with Crippen LogP contribution in [0.25, 0.3) is 0 Å². The lowest BCUT2D eigenvalue weighted by molar-refractivity contribution is -0.0667. The Balaban J connectivity index is 1.97. The first-order valence-electron chi connectivity index (χ1n) is 8.95. The lowest BCUT2D eigenvalue weighted by Gasteiger charge is -2.62. The summed E-state index contributed by atoms with van der Waals surface area (Å²) in [6, 6.07) is 4.25. The monoisotopic (exact) mass is 331 g/mol. The number of nitrogens with one attached hydrogen (secondary N) is 1. The van der Waals surface area contributed by atoms with E-state index in [9.17, 15) is 0 Å². The van der Waals surface area contributed by atoms with Gasteiger partial charge < -0.3 is 15.1 Å². The first-order chi connectivity index (χ1) is 11.3. The van der Waals surface area contributed by atoms with Crippen molar-refractivity contribution < 1.29 is 0 Å². The van der Waals surface area contributed by atoms with Crippen molar-refractivity contribution in [3.8, 4) is 0 Å². The van der Waals surface area contributed by atoms with E-state index in [1.165, 1.54) is 5.56 Å². The second kappa shape index (κ2) is 6.99. The molecule has 2 rings (SSSR count). The van der Waals surface area contributed by atoms with Crippen LogP contribution in [0.5, 0.6) is 0 Å². The minimum Gasteiger partial charge on any atom is -0.357 e. The summed E-state index contributed by atoms with van der Waals surface area (Å²) in [5.74, 6) is 2.01. The van der Waals surface area contributed by atoms with Crippen LogP contribution in [0.15, 0.2) is 23.3 Å². The molecular weight excluding hydrogens is 298 g/mol. The zero-order chi connectivity index (χ0) is 18.0. The second-order valence-corrected chi connectivity index (χ2v) is 7.63. The maximum atomic E-state index is 4.59. The number of guanidine groups is 1. The SMILES string of the molecule is CCN(CC)c1ccc(CNC(=NC)N2CC(C)(C)C2(C)C)cn1. The highest BCUT2D eigenvalue weighted by atomic mass is 15.4. The van der Waals surface area contributed by atoms with Crippen LogP contribution in [0.3, 0.4) is 0 Å². The lowest BCUT2D eigenvalue weighted by Crippen LogP contribution is -2.72. The molecule has 0 bridgehead atoms. The number of hydrogen-bond acceptors (Lipinski definition) is 3. The van der Waals surface area contributed by atoms with Crippen molar-refractivity contribution in [2.24, 2.45) is 10.4 Å². The maximum absolute atomic E-state index is 4.59. The van der Waals surface area contributed by atoms with Gasteiger partial charge in [0.25, 0.3) is 0 Å². The van der Waals surface area contributed by atoms with Gasteiger partial charge in [0, 0.05) is 50.4 Å². The molecule has 5 nitrogen and oxygen atoms in total. The lowest BCUT2D eigenvalue weighted by atomic mass is 9.65. The molecule has 1 saturated heterocycles. The van der Waals surface area contributed by atoms with Crippen molar-refractivity contribution in [3.63, 3.8) is 0 Å². The average Bonchev–Trinajstić information content (AvgIpc) is 2.56. The molecular formula is C19H33N5. The van der Waals surface area contributed by atoms with Gasteiger partial charge in [-0.05, 0) is 39.3 Å². The third-order valence-corrected chi connectivity index (χ3v) is 5.70. The van der Waals surface area contributed by atoms with Gasteiger partial charge in [0.2, 0.25) is 0 Å². The highest BCUT2D eigenvalue weighted by molar-refractivity contribution is 5.82. The molecule has 0 unspecified atom stereocenters. The van der Waals surface area contributed by atoms with Gasteiger partial charge in [-0.25, -0.2) is 4.98 Å². The number of anilines is 1. The van der Waals surface area contributed by atoms with Crippen LogP contribution in [0.2, 0.25) is 0 Å². The Bertz CT molecular complexity index is 570. The molecule has 5 heteroatoms. The van der Waals surface area contributed by atoms with E-state index in [2.05, 4.69) is 78.8 Å². The molecule has 0 aliphatic carbocycles. The van der Waals surface area contributed by atoms with E-state index in [0.717, 1.165) is 38.0 Å². The number of nitrogens with zero attached hydrogens (tertiary/aromatic N) is 4. The van der Waals surface area contributed by atoms with E-state index >= 15 is 0 Å². The molecule has 0 radical (unpaired) electrons. The molecule has 24 heavy (non-hydrogen) atoms. The molecule has 1 aliphatic rings. The number of aromatic nitrogens is 1. The molecule has 1 aromatic rings. The molecule has 1 aromatic heterocycles. The molecule has 2 heterocycles. The fourth-order valence-corrected chi connectivity index (χ4v) is 3.13. The van der Waals surface area contributed by atoms with E-state index in [-0.39, 0.29) is 5.54 Å². The van der Waals surface area contributed by atoms with Crippen molar-refractivity contribution >= 4 is 11.8 Å². The minimum atomic E-state index is 0.111. The first kappa shape index (κ1) is 18.6. The molecule has 1 fully saturated rings. The van der Waals surface area contributed by atoms with Crippen LogP contribution >= 0.6 is 0 Å². The largest absolute Gasteiger partial charge is 0.357 e. The Morgan fingerprint density at radius 3 is 2.33 bits per heavy atom. The van der Waals surface area contributed by atoms with E-state index in [1.54, 1.807) is 0 Å². The predicted octanol–water partition coefficient (Wildman–Crippen LogP) is 3.12. The van der Waals surface area contributed by atoms with Crippen molar-refractivity contribution in [2.75, 3.05) is 31.6 Å². The second-order valence-electron chi connectivity index (χ2n) is 7.63. The quantitative estimate of drug-likeness (QED) is 0.665. The van der Waals surface area contributed by atoms with E-state index < -0.39 is 0 Å². The fraction of sp³-hybridized carbons (Fsp3) is 0.684.